The first-order chi connectivity index (χ1) is 31.3. The highest BCUT2D eigenvalue weighted by Gasteiger charge is 2.23. The molecule has 0 bridgehead atoms. The fraction of sp³-hybridized carbons (Fsp3) is 0. The number of nitrogens with one attached hydrogen (secondary N) is 1. The maximum Gasteiger partial charge on any atom is 0.0981 e. The molecule has 12 rings (SSSR count). The quantitative estimate of drug-likeness (QED) is 0.163. The van der Waals surface area contributed by atoms with Crippen LogP contribution in [0.2, 0.25) is 0 Å². The van der Waals surface area contributed by atoms with Gasteiger partial charge in [-0.2, -0.15) is 0 Å². The van der Waals surface area contributed by atoms with Crippen molar-refractivity contribution >= 4 is 60.7 Å². The highest BCUT2D eigenvalue weighted by Crippen LogP contribution is 2.47. The molecule has 2 aromatic heterocycles. The Hall–Kier alpha value is -8.58. The topological polar surface area (TPSA) is 24.0 Å². The monoisotopic (exact) mass is 801 g/mol. The number of benzene rings is 9. The summed E-state index contributed by atoms with van der Waals surface area (Å²) in [7, 11) is 0. The van der Waals surface area contributed by atoms with E-state index in [-0.39, 0.29) is 0 Å². The van der Waals surface area contributed by atoms with E-state index in [1.165, 1.54) is 49.6 Å². The molecular weight excluding hydrogens is 763 g/mol. The van der Waals surface area contributed by atoms with Gasteiger partial charge in [0.05, 0.1) is 27.8 Å². The van der Waals surface area contributed by atoms with E-state index in [2.05, 4.69) is 251 Å². The molecule has 0 radical (unpaired) electrons. The average Bonchev–Trinajstić information content (AvgIpc) is 3.91. The van der Waals surface area contributed by atoms with E-state index in [9.17, 15) is 0 Å². The Kier molecular flexibility index (Phi) is 8.73. The Morgan fingerprint density at radius 3 is 1.68 bits per heavy atom. The predicted octanol–water partition coefficient (Wildman–Crippen LogP) is 16.2. The molecule has 2 heterocycles. The van der Waals surface area contributed by atoms with Crippen LogP contribution in [0.5, 0.6) is 0 Å². The van der Waals surface area contributed by atoms with E-state index in [0.29, 0.717) is 0 Å². The number of fused-ring (bicyclic) bond motifs is 6. The number of aromatic amines is 1. The summed E-state index contributed by atoms with van der Waals surface area (Å²) in [6.07, 6.45) is 0. The molecule has 1 N–H and O–H groups in total. The van der Waals surface area contributed by atoms with Gasteiger partial charge in [-0.05, 0) is 118 Å². The van der Waals surface area contributed by atoms with Crippen LogP contribution in [0.3, 0.4) is 0 Å². The fourth-order valence-electron chi connectivity index (χ4n) is 9.49. The summed E-state index contributed by atoms with van der Waals surface area (Å²) >= 11 is 0. The van der Waals surface area contributed by atoms with Gasteiger partial charge < -0.3 is 14.5 Å². The molecule has 3 heteroatoms. The summed E-state index contributed by atoms with van der Waals surface area (Å²) in [5.74, 6) is 0. The molecule has 0 aliphatic heterocycles. The highest BCUT2D eigenvalue weighted by molar-refractivity contribution is 6.17. The molecule has 0 saturated heterocycles. The summed E-state index contributed by atoms with van der Waals surface area (Å²) < 4.78 is 2.40. The molecule has 63 heavy (non-hydrogen) atoms. The molecule has 3 nitrogen and oxygen atoms in total. The normalized spacial score (nSPS) is 11.4. The zero-order valence-electron chi connectivity index (χ0n) is 34.3. The first-order valence-electron chi connectivity index (χ1n) is 21.4. The lowest BCUT2D eigenvalue weighted by Crippen LogP contribution is -2.11. The van der Waals surface area contributed by atoms with E-state index in [0.717, 1.165) is 61.2 Å². The number of aromatic nitrogens is 2. The average molecular weight is 802 g/mol. The largest absolute Gasteiger partial charge is 0.347 e. The van der Waals surface area contributed by atoms with Crippen molar-refractivity contribution in [3.8, 4) is 50.2 Å². The summed E-state index contributed by atoms with van der Waals surface area (Å²) in [6.45, 7) is 0. The molecule has 0 atom stereocenters. The van der Waals surface area contributed by atoms with Crippen molar-refractivity contribution in [1.82, 2.24) is 9.55 Å². The minimum atomic E-state index is 0.948. The minimum Gasteiger partial charge on any atom is -0.347 e. The van der Waals surface area contributed by atoms with Crippen molar-refractivity contribution in [1.29, 1.82) is 0 Å². The fourth-order valence-corrected chi connectivity index (χ4v) is 9.49. The van der Waals surface area contributed by atoms with Crippen LogP contribution in [0.1, 0.15) is 0 Å². The molecule has 294 valence electrons. The smallest absolute Gasteiger partial charge is 0.0981 e. The van der Waals surface area contributed by atoms with Crippen molar-refractivity contribution < 1.29 is 0 Å². The van der Waals surface area contributed by atoms with Gasteiger partial charge in [-0.1, -0.05) is 164 Å². The standard InChI is InChI=1S/C60H39N3/c1-5-16-41(17-6-1)43-28-33-48(34-29-43)62(57-39-37-52-51-24-13-14-26-54(51)61-60(52)58(57)45-20-9-3-10-21-45)49-35-30-44(31-36-49)50-25-15-27-56-59(50)53-40-46(42-18-7-2-8-19-42)32-38-55(53)63(56)47-22-11-4-12-23-47/h1-13,15-25,27-40,61H. The molecule has 0 unspecified atom stereocenters. The molecule has 0 aliphatic carbocycles. The van der Waals surface area contributed by atoms with Gasteiger partial charge >= 0.3 is 0 Å². The minimum absolute atomic E-state index is 0.948. The van der Waals surface area contributed by atoms with E-state index < -0.39 is 0 Å². The molecule has 0 spiro atoms. The van der Waals surface area contributed by atoms with Crippen molar-refractivity contribution in [2.24, 2.45) is 0 Å². The Bertz CT molecular complexity index is 3570. The van der Waals surface area contributed by atoms with Crippen molar-refractivity contribution in [3.05, 3.63) is 243 Å². The van der Waals surface area contributed by atoms with Crippen LogP contribution in [0, 0.1) is 12.1 Å². The Morgan fingerprint density at radius 2 is 1.00 bits per heavy atom. The van der Waals surface area contributed by atoms with Crippen molar-refractivity contribution in [2.75, 3.05) is 4.90 Å². The lowest BCUT2D eigenvalue weighted by Gasteiger charge is -2.28. The van der Waals surface area contributed by atoms with Crippen LogP contribution >= 0.6 is 0 Å². The third-order valence-electron chi connectivity index (χ3n) is 12.4. The summed E-state index contributed by atoms with van der Waals surface area (Å²) in [5, 5.41) is 4.75. The van der Waals surface area contributed by atoms with E-state index in [1.807, 2.05) is 6.07 Å². The molecule has 0 saturated carbocycles. The number of hydrogen-bond donors (Lipinski definition) is 1. The number of anilines is 3. The lowest BCUT2D eigenvalue weighted by molar-refractivity contribution is 1.18. The highest BCUT2D eigenvalue weighted by atomic mass is 15.1. The van der Waals surface area contributed by atoms with E-state index in [4.69, 9.17) is 0 Å². The van der Waals surface area contributed by atoms with Crippen LogP contribution < -0.4 is 4.90 Å². The van der Waals surface area contributed by atoms with Gasteiger partial charge in [0.1, 0.15) is 0 Å². The second kappa shape index (κ2) is 15.2. The number of hydrogen-bond acceptors (Lipinski definition) is 1. The van der Waals surface area contributed by atoms with Crippen molar-refractivity contribution in [3.63, 3.8) is 0 Å². The summed E-state index contributed by atoms with van der Waals surface area (Å²) in [6, 6.07) is 89.4. The maximum absolute atomic E-state index is 3.75. The van der Waals surface area contributed by atoms with Crippen LogP contribution in [-0.4, -0.2) is 9.55 Å². The number of H-pyrrole nitrogens is 1. The summed E-state index contributed by atoms with van der Waals surface area (Å²) in [5.41, 5.74) is 18.1. The second-order valence-corrected chi connectivity index (χ2v) is 16.0. The third kappa shape index (κ3) is 6.24. The molecule has 0 aliphatic rings. The van der Waals surface area contributed by atoms with Crippen LogP contribution in [0.4, 0.5) is 17.1 Å². The molecule has 0 fully saturated rings. The zero-order valence-corrected chi connectivity index (χ0v) is 34.3. The van der Waals surface area contributed by atoms with Gasteiger partial charge in [-0.15, -0.1) is 0 Å². The number of rotatable bonds is 8. The predicted molar refractivity (Wildman–Crippen MR) is 264 cm³/mol. The second-order valence-electron chi connectivity index (χ2n) is 16.0. The first-order valence-corrected chi connectivity index (χ1v) is 21.4. The van der Waals surface area contributed by atoms with Gasteiger partial charge in [0.25, 0.3) is 0 Å². The van der Waals surface area contributed by atoms with Crippen LogP contribution in [0.15, 0.2) is 231 Å². The van der Waals surface area contributed by atoms with E-state index in [1.54, 1.807) is 0 Å². The third-order valence-corrected chi connectivity index (χ3v) is 12.4. The number of para-hydroxylation sites is 1. The molecule has 12 aromatic rings. The number of nitrogens with zero attached hydrogens (tertiary/aromatic N) is 2. The Morgan fingerprint density at radius 1 is 0.413 bits per heavy atom. The molecule has 10 aromatic carbocycles. The van der Waals surface area contributed by atoms with Gasteiger partial charge in [0, 0.05) is 44.2 Å². The molecular formula is C60H39N3. The zero-order chi connectivity index (χ0) is 41.7. The van der Waals surface area contributed by atoms with Gasteiger partial charge in [-0.3, -0.25) is 0 Å². The SMILES string of the molecule is c1ccc2c(c#1)[nH]c1c(-c3ccccc3)c(N(c3ccc(-c4ccccc4)cc3)c3ccc(-c4cccc5c4c4cc(-c6ccccc6)ccc4n5-c4ccccc4)cc3)ccc12. The Balaban J connectivity index is 1.06. The van der Waals surface area contributed by atoms with E-state index >= 15 is 0 Å². The van der Waals surface area contributed by atoms with Gasteiger partial charge in [0.15, 0.2) is 0 Å². The Labute approximate surface area is 366 Å². The lowest BCUT2D eigenvalue weighted by atomic mass is 9.96. The van der Waals surface area contributed by atoms with Crippen molar-refractivity contribution in [2.45, 2.75) is 0 Å². The van der Waals surface area contributed by atoms with Crippen LogP contribution in [-0.2, 0) is 0 Å². The summed E-state index contributed by atoms with van der Waals surface area (Å²) in [4.78, 5) is 6.15. The molecule has 0 amide bonds. The maximum atomic E-state index is 3.75. The van der Waals surface area contributed by atoms with Crippen LogP contribution in [0.25, 0.3) is 93.8 Å². The van der Waals surface area contributed by atoms with Gasteiger partial charge in [0.2, 0.25) is 0 Å². The first kappa shape index (κ1) is 36.3. The van der Waals surface area contributed by atoms with Gasteiger partial charge in [-0.25, -0.2) is 0 Å².